The molecule has 0 aliphatic heterocycles. The van der Waals surface area contributed by atoms with Gasteiger partial charge in [-0.25, -0.2) is 4.68 Å². The van der Waals surface area contributed by atoms with Gasteiger partial charge in [0.15, 0.2) is 0 Å². The Kier molecular flexibility index (Phi) is 2.72. The maximum Gasteiger partial charge on any atom is 0.254 e. The molecule has 0 atom stereocenters. The lowest BCUT2D eigenvalue weighted by Crippen LogP contribution is -2.18. The molecule has 1 N–H and O–H groups in total. The summed E-state index contributed by atoms with van der Waals surface area (Å²) in [7, 11) is 1.61. The van der Waals surface area contributed by atoms with Gasteiger partial charge in [0.25, 0.3) is 5.91 Å². The summed E-state index contributed by atoms with van der Waals surface area (Å²) in [4.78, 5) is 11.5. The molecule has 1 aromatic heterocycles. The molecule has 1 amide bonds. The topological polar surface area (TPSA) is 46.9 Å². The van der Waals surface area contributed by atoms with Crippen molar-refractivity contribution in [3.05, 3.63) is 47.8 Å². The van der Waals surface area contributed by atoms with E-state index in [2.05, 4.69) is 10.4 Å². The number of aromatic nitrogens is 2. The molecule has 2 rings (SSSR count). The third-order valence-corrected chi connectivity index (χ3v) is 2.39. The average Bonchev–Trinajstić information content (AvgIpc) is 2.71. The summed E-state index contributed by atoms with van der Waals surface area (Å²) >= 11 is 0. The van der Waals surface area contributed by atoms with Crippen molar-refractivity contribution < 1.29 is 4.79 Å². The maximum absolute atomic E-state index is 11.5. The normalized spacial score (nSPS) is 10.1. The molecule has 0 fully saturated rings. The summed E-state index contributed by atoms with van der Waals surface area (Å²) in [5.41, 5.74) is 2.27. The van der Waals surface area contributed by atoms with Crippen LogP contribution in [0.25, 0.3) is 5.69 Å². The number of carbonyl (C=O) groups is 1. The van der Waals surface area contributed by atoms with Crippen LogP contribution in [0.4, 0.5) is 0 Å². The molecule has 0 saturated carbocycles. The van der Waals surface area contributed by atoms with Crippen LogP contribution < -0.4 is 5.32 Å². The van der Waals surface area contributed by atoms with E-state index < -0.39 is 0 Å². The van der Waals surface area contributed by atoms with Gasteiger partial charge < -0.3 is 5.32 Å². The highest BCUT2D eigenvalue weighted by Crippen LogP contribution is 2.11. The molecule has 0 unspecified atom stereocenters. The van der Waals surface area contributed by atoms with Gasteiger partial charge >= 0.3 is 0 Å². The first kappa shape index (κ1) is 10.4. The van der Waals surface area contributed by atoms with Crippen molar-refractivity contribution in [3.63, 3.8) is 0 Å². The van der Waals surface area contributed by atoms with Crippen molar-refractivity contribution in [2.45, 2.75) is 6.92 Å². The minimum absolute atomic E-state index is 0.111. The highest BCUT2D eigenvalue weighted by Gasteiger charge is 2.11. The van der Waals surface area contributed by atoms with E-state index in [1.54, 1.807) is 17.9 Å². The van der Waals surface area contributed by atoms with Crippen LogP contribution in [0.15, 0.2) is 36.5 Å². The zero-order valence-electron chi connectivity index (χ0n) is 9.27. The maximum atomic E-state index is 11.5. The van der Waals surface area contributed by atoms with Gasteiger partial charge in [-0.1, -0.05) is 18.2 Å². The van der Waals surface area contributed by atoms with Crippen LogP contribution in [-0.2, 0) is 0 Å². The molecule has 4 heteroatoms. The van der Waals surface area contributed by atoms with Gasteiger partial charge in [-0.05, 0) is 19.1 Å². The van der Waals surface area contributed by atoms with Crippen LogP contribution >= 0.6 is 0 Å². The second-order valence-electron chi connectivity index (χ2n) is 3.49. The third-order valence-electron chi connectivity index (χ3n) is 2.39. The Morgan fingerprint density at radius 1 is 1.31 bits per heavy atom. The largest absolute Gasteiger partial charge is 0.355 e. The third kappa shape index (κ3) is 1.82. The molecule has 0 aliphatic rings. The highest BCUT2D eigenvalue weighted by molar-refractivity contribution is 5.94. The first-order valence-electron chi connectivity index (χ1n) is 5.06. The Bertz CT molecular complexity index is 502. The first-order chi connectivity index (χ1) is 7.72. The van der Waals surface area contributed by atoms with E-state index in [1.807, 2.05) is 37.3 Å². The standard InChI is InChI=1S/C12H13N3O/c1-9-11(12(16)13-2)8-15(14-9)10-6-4-3-5-7-10/h3-8H,1-2H3,(H,13,16). The van der Waals surface area contributed by atoms with E-state index in [-0.39, 0.29) is 5.91 Å². The van der Waals surface area contributed by atoms with Crippen molar-refractivity contribution in [2.75, 3.05) is 7.05 Å². The summed E-state index contributed by atoms with van der Waals surface area (Å²) in [6.07, 6.45) is 1.74. The number of hydrogen-bond donors (Lipinski definition) is 1. The molecule has 1 aromatic carbocycles. The molecule has 82 valence electrons. The van der Waals surface area contributed by atoms with Gasteiger partial charge in [0.05, 0.1) is 16.9 Å². The summed E-state index contributed by atoms with van der Waals surface area (Å²) in [5, 5.41) is 6.90. The molecule has 4 nitrogen and oxygen atoms in total. The molecule has 0 aliphatic carbocycles. The minimum atomic E-state index is -0.111. The van der Waals surface area contributed by atoms with E-state index in [0.29, 0.717) is 5.56 Å². The molecule has 16 heavy (non-hydrogen) atoms. The van der Waals surface area contributed by atoms with E-state index >= 15 is 0 Å². The Labute approximate surface area is 93.9 Å². The predicted molar refractivity (Wildman–Crippen MR) is 61.7 cm³/mol. The van der Waals surface area contributed by atoms with E-state index in [9.17, 15) is 4.79 Å². The van der Waals surface area contributed by atoms with Crippen molar-refractivity contribution >= 4 is 5.91 Å². The summed E-state index contributed by atoms with van der Waals surface area (Å²) in [5.74, 6) is -0.111. The van der Waals surface area contributed by atoms with Gasteiger partial charge in [-0.2, -0.15) is 5.10 Å². The Morgan fingerprint density at radius 2 is 2.00 bits per heavy atom. The SMILES string of the molecule is CNC(=O)c1cn(-c2ccccc2)nc1C. The van der Waals surface area contributed by atoms with E-state index in [4.69, 9.17) is 0 Å². The smallest absolute Gasteiger partial charge is 0.254 e. The lowest BCUT2D eigenvalue weighted by molar-refractivity contribution is 0.0962. The monoisotopic (exact) mass is 215 g/mol. The zero-order valence-corrected chi connectivity index (χ0v) is 9.27. The molecule has 1 heterocycles. The number of nitrogens with zero attached hydrogens (tertiary/aromatic N) is 2. The van der Waals surface area contributed by atoms with Crippen molar-refractivity contribution in [3.8, 4) is 5.69 Å². The van der Waals surface area contributed by atoms with Crippen LogP contribution in [0.3, 0.4) is 0 Å². The van der Waals surface area contributed by atoms with Crippen LogP contribution in [0.1, 0.15) is 16.1 Å². The van der Waals surface area contributed by atoms with Crippen LogP contribution in [0.5, 0.6) is 0 Å². The van der Waals surface area contributed by atoms with E-state index in [0.717, 1.165) is 11.4 Å². The zero-order chi connectivity index (χ0) is 11.5. The molecule has 0 radical (unpaired) electrons. The molecular weight excluding hydrogens is 202 g/mol. The van der Waals surface area contributed by atoms with Gasteiger partial charge in [0.1, 0.15) is 0 Å². The Balaban J connectivity index is 2.42. The van der Waals surface area contributed by atoms with Crippen LogP contribution in [-0.4, -0.2) is 22.7 Å². The molecule has 0 bridgehead atoms. The predicted octanol–water partition coefficient (Wildman–Crippen LogP) is 1.54. The number of nitrogens with one attached hydrogen (secondary N) is 1. The van der Waals surface area contributed by atoms with Crippen molar-refractivity contribution in [2.24, 2.45) is 0 Å². The van der Waals surface area contributed by atoms with Crippen LogP contribution in [0.2, 0.25) is 0 Å². The quantitative estimate of drug-likeness (QED) is 0.826. The number of para-hydroxylation sites is 1. The fourth-order valence-electron chi connectivity index (χ4n) is 1.53. The Morgan fingerprint density at radius 3 is 2.62 bits per heavy atom. The first-order valence-corrected chi connectivity index (χ1v) is 5.06. The average molecular weight is 215 g/mol. The van der Waals surface area contributed by atoms with Crippen molar-refractivity contribution in [1.82, 2.24) is 15.1 Å². The number of carbonyl (C=O) groups excluding carboxylic acids is 1. The number of benzene rings is 1. The van der Waals surface area contributed by atoms with Gasteiger partial charge in [-0.15, -0.1) is 0 Å². The number of rotatable bonds is 2. The second-order valence-corrected chi connectivity index (χ2v) is 3.49. The van der Waals surface area contributed by atoms with Gasteiger partial charge in [0.2, 0.25) is 0 Å². The van der Waals surface area contributed by atoms with Crippen molar-refractivity contribution in [1.29, 1.82) is 0 Å². The number of hydrogen-bond acceptors (Lipinski definition) is 2. The van der Waals surface area contributed by atoms with E-state index in [1.165, 1.54) is 0 Å². The lowest BCUT2D eigenvalue weighted by atomic mass is 10.2. The molecule has 0 spiro atoms. The fraction of sp³-hybridized carbons (Fsp3) is 0.167. The lowest BCUT2D eigenvalue weighted by Gasteiger charge is -1.98. The fourth-order valence-corrected chi connectivity index (χ4v) is 1.53. The Hall–Kier alpha value is -2.10. The van der Waals surface area contributed by atoms with Gasteiger partial charge in [-0.3, -0.25) is 4.79 Å². The second kappa shape index (κ2) is 4.18. The number of amides is 1. The summed E-state index contributed by atoms with van der Waals surface area (Å²) in [6.45, 7) is 1.82. The number of aryl methyl sites for hydroxylation is 1. The summed E-state index contributed by atoms with van der Waals surface area (Å²) in [6, 6.07) is 9.71. The van der Waals surface area contributed by atoms with Gasteiger partial charge in [0, 0.05) is 13.2 Å². The minimum Gasteiger partial charge on any atom is -0.355 e. The summed E-state index contributed by atoms with van der Waals surface area (Å²) < 4.78 is 1.71. The van der Waals surface area contributed by atoms with Crippen LogP contribution in [0, 0.1) is 6.92 Å². The highest BCUT2D eigenvalue weighted by atomic mass is 16.1. The molecular formula is C12H13N3O. The molecule has 2 aromatic rings. The molecule has 0 saturated heterocycles.